The lowest BCUT2D eigenvalue weighted by Gasteiger charge is -2.16. The molecule has 106 valence electrons. The molecule has 2 rings (SSSR count). The number of aryl methyl sites for hydroxylation is 2. The fourth-order valence-corrected chi connectivity index (χ4v) is 2.53. The van der Waals surface area contributed by atoms with Gasteiger partial charge in [-0.1, -0.05) is 41.4 Å². The van der Waals surface area contributed by atoms with Crippen molar-refractivity contribution in [1.82, 2.24) is 0 Å². The summed E-state index contributed by atoms with van der Waals surface area (Å²) in [4.78, 5) is 0. The van der Waals surface area contributed by atoms with E-state index in [0.29, 0.717) is 21.4 Å². The predicted octanol–water partition coefficient (Wildman–Crippen LogP) is 4.70. The number of halogens is 2. The highest BCUT2D eigenvalue weighted by Gasteiger charge is 2.17. The highest BCUT2D eigenvalue weighted by Crippen LogP contribution is 2.36. The number of hydrogen-bond donors (Lipinski definition) is 1. The summed E-state index contributed by atoms with van der Waals surface area (Å²) in [6, 6.07) is 9.08. The molecule has 2 nitrogen and oxygen atoms in total. The van der Waals surface area contributed by atoms with Crippen LogP contribution in [0.15, 0.2) is 30.3 Å². The molecular weight excluding hydrogens is 295 g/mol. The standard InChI is InChI=1S/C16H16Cl2O2/c1-9-4-5-11(6-10(9)2)16(19)12-7-14(18)15(20-3)8-13(12)17/h4-8,16,19H,1-3H3. The van der Waals surface area contributed by atoms with E-state index in [1.807, 2.05) is 32.0 Å². The van der Waals surface area contributed by atoms with E-state index < -0.39 is 6.10 Å². The molecule has 2 aromatic rings. The van der Waals surface area contributed by atoms with Crippen LogP contribution in [0.4, 0.5) is 0 Å². The zero-order valence-corrected chi connectivity index (χ0v) is 13.1. The minimum Gasteiger partial charge on any atom is -0.495 e. The molecule has 0 saturated carbocycles. The van der Waals surface area contributed by atoms with Crippen LogP contribution in [0.5, 0.6) is 5.75 Å². The van der Waals surface area contributed by atoms with Crippen molar-refractivity contribution in [2.24, 2.45) is 0 Å². The van der Waals surface area contributed by atoms with Gasteiger partial charge in [0.15, 0.2) is 0 Å². The molecule has 0 aliphatic carbocycles. The monoisotopic (exact) mass is 310 g/mol. The first-order valence-corrected chi connectivity index (χ1v) is 6.97. The van der Waals surface area contributed by atoms with Crippen molar-refractivity contribution in [2.75, 3.05) is 7.11 Å². The SMILES string of the molecule is COc1cc(Cl)c(C(O)c2ccc(C)c(C)c2)cc1Cl. The van der Waals surface area contributed by atoms with Crippen LogP contribution in [0.1, 0.15) is 28.4 Å². The highest BCUT2D eigenvalue weighted by molar-refractivity contribution is 6.34. The van der Waals surface area contributed by atoms with E-state index in [1.54, 1.807) is 12.1 Å². The number of ether oxygens (including phenoxy) is 1. The molecular formula is C16H16Cl2O2. The van der Waals surface area contributed by atoms with Gasteiger partial charge in [-0.2, -0.15) is 0 Å². The van der Waals surface area contributed by atoms with Crippen LogP contribution in [0.2, 0.25) is 10.0 Å². The van der Waals surface area contributed by atoms with E-state index in [1.165, 1.54) is 12.7 Å². The van der Waals surface area contributed by atoms with Gasteiger partial charge >= 0.3 is 0 Å². The van der Waals surface area contributed by atoms with Crippen LogP contribution in [-0.4, -0.2) is 12.2 Å². The average molecular weight is 311 g/mol. The number of rotatable bonds is 3. The fraction of sp³-hybridized carbons (Fsp3) is 0.250. The molecule has 0 spiro atoms. The largest absolute Gasteiger partial charge is 0.495 e. The molecule has 1 unspecified atom stereocenters. The molecule has 1 N–H and O–H groups in total. The van der Waals surface area contributed by atoms with Gasteiger partial charge in [-0.25, -0.2) is 0 Å². The third-order valence-electron chi connectivity index (χ3n) is 3.41. The Labute approximate surface area is 128 Å². The Morgan fingerprint density at radius 2 is 1.70 bits per heavy atom. The summed E-state index contributed by atoms with van der Waals surface area (Å²) in [5.41, 5.74) is 3.66. The molecule has 4 heteroatoms. The summed E-state index contributed by atoms with van der Waals surface area (Å²) >= 11 is 12.3. The van der Waals surface area contributed by atoms with Gasteiger partial charge in [0.05, 0.1) is 17.2 Å². The van der Waals surface area contributed by atoms with Crippen LogP contribution >= 0.6 is 23.2 Å². The van der Waals surface area contributed by atoms with Gasteiger partial charge in [0.25, 0.3) is 0 Å². The lowest BCUT2D eigenvalue weighted by atomic mass is 9.98. The Kier molecular flexibility index (Phi) is 4.59. The van der Waals surface area contributed by atoms with Crippen LogP contribution in [0.25, 0.3) is 0 Å². The first-order chi connectivity index (χ1) is 9.43. The Morgan fingerprint density at radius 3 is 2.30 bits per heavy atom. The maximum Gasteiger partial charge on any atom is 0.138 e. The van der Waals surface area contributed by atoms with E-state index in [0.717, 1.165) is 11.1 Å². The minimum atomic E-state index is -0.815. The van der Waals surface area contributed by atoms with Crippen LogP contribution in [0, 0.1) is 13.8 Å². The molecule has 1 atom stereocenters. The Morgan fingerprint density at radius 1 is 1.00 bits per heavy atom. The van der Waals surface area contributed by atoms with Crippen molar-refractivity contribution in [3.8, 4) is 5.75 Å². The lowest BCUT2D eigenvalue weighted by Crippen LogP contribution is -2.02. The third-order valence-corrected chi connectivity index (χ3v) is 4.04. The number of aliphatic hydroxyl groups excluding tert-OH is 1. The highest BCUT2D eigenvalue weighted by atomic mass is 35.5. The molecule has 0 fully saturated rings. The zero-order valence-electron chi connectivity index (χ0n) is 11.6. The number of methoxy groups -OCH3 is 1. The van der Waals surface area contributed by atoms with E-state index in [9.17, 15) is 5.11 Å². The molecule has 2 aromatic carbocycles. The summed E-state index contributed by atoms with van der Waals surface area (Å²) < 4.78 is 5.10. The van der Waals surface area contributed by atoms with Gasteiger partial charge in [0, 0.05) is 11.6 Å². The number of hydrogen-bond acceptors (Lipinski definition) is 2. The lowest BCUT2D eigenvalue weighted by molar-refractivity contribution is 0.220. The summed E-state index contributed by atoms with van der Waals surface area (Å²) in [5, 5.41) is 11.3. The van der Waals surface area contributed by atoms with E-state index >= 15 is 0 Å². The van der Waals surface area contributed by atoms with Gasteiger partial charge in [-0.15, -0.1) is 0 Å². The first-order valence-electron chi connectivity index (χ1n) is 6.22. The molecule has 0 aliphatic rings. The van der Waals surface area contributed by atoms with Crippen LogP contribution < -0.4 is 4.74 Å². The Bertz CT molecular complexity index is 639. The predicted molar refractivity (Wildman–Crippen MR) is 83.0 cm³/mol. The zero-order chi connectivity index (χ0) is 14.9. The van der Waals surface area contributed by atoms with Crippen molar-refractivity contribution in [1.29, 1.82) is 0 Å². The van der Waals surface area contributed by atoms with Crippen LogP contribution in [-0.2, 0) is 0 Å². The topological polar surface area (TPSA) is 29.5 Å². The molecule has 0 aliphatic heterocycles. The molecule has 0 amide bonds. The van der Waals surface area contributed by atoms with Crippen molar-refractivity contribution in [3.63, 3.8) is 0 Å². The Balaban J connectivity index is 2.45. The maximum absolute atomic E-state index is 10.5. The van der Waals surface area contributed by atoms with Crippen molar-refractivity contribution in [3.05, 3.63) is 62.6 Å². The summed E-state index contributed by atoms with van der Waals surface area (Å²) in [7, 11) is 1.52. The van der Waals surface area contributed by atoms with Gasteiger partial charge in [-0.05, 0) is 36.6 Å². The number of aliphatic hydroxyl groups is 1. The quantitative estimate of drug-likeness (QED) is 0.890. The normalized spacial score (nSPS) is 12.3. The first kappa shape index (κ1) is 15.2. The second-order valence-electron chi connectivity index (χ2n) is 4.75. The summed E-state index contributed by atoms with van der Waals surface area (Å²) in [6.45, 7) is 4.04. The van der Waals surface area contributed by atoms with Gasteiger partial charge < -0.3 is 9.84 Å². The average Bonchev–Trinajstić information content (AvgIpc) is 2.43. The summed E-state index contributed by atoms with van der Waals surface area (Å²) in [5.74, 6) is 0.493. The van der Waals surface area contributed by atoms with Gasteiger partial charge in [-0.3, -0.25) is 0 Å². The second-order valence-corrected chi connectivity index (χ2v) is 5.57. The molecule has 0 radical (unpaired) electrons. The smallest absolute Gasteiger partial charge is 0.138 e. The van der Waals surface area contributed by atoms with E-state index in [4.69, 9.17) is 27.9 Å². The van der Waals surface area contributed by atoms with E-state index in [-0.39, 0.29) is 0 Å². The molecule has 0 aromatic heterocycles. The third kappa shape index (κ3) is 2.93. The van der Waals surface area contributed by atoms with Gasteiger partial charge in [0.1, 0.15) is 11.9 Å². The van der Waals surface area contributed by atoms with Crippen LogP contribution in [0.3, 0.4) is 0 Å². The Hall–Kier alpha value is -1.22. The maximum atomic E-state index is 10.5. The molecule has 0 bridgehead atoms. The molecule has 0 heterocycles. The van der Waals surface area contributed by atoms with Gasteiger partial charge in [0.2, 0.25) is 0 Å². The van der Waals surface area contributed by atoms with E-state index in [2.05, 4.69) is 0 Å². The van der Waals surface area contributed by atoms with Crippen molar-refractivity contribution in [2.45, 2.75) is 20.0 Å². The summed E-state index contributed by atoms with van der Waals surface area (Å²) in [6.07, 6.45) is -0.815. The van der Waals surface area contributed by atoms with Crippen molar-refractivity contribution < 1.29 is 9.84 Å². The number of benzene rings is 2. The minimum absolute atomic E-state index is 0.426. The molecule has 0 saturated heterocycles. The van der Waals surface area contributed by atoms with Crippen molar-refractivity contribution >= 4 is 23.2 Å². The fourth-order valence-electron chi connectivity index (χ4n) is 2.02. The second kappa shape index (κ2) is 6.04. The molecule has 20 heavy (non-hydrogen) atoms.